The van der Waals surface area contributed by atoms with Gasteiger partial charge in [-0.05, 0) is 24.3 Å². The summed E-state index contributed by atoms with van der Waals surface area (Å²) in [5, 5.41) is 6.76. The third kappa shape index (κ3) is 2.55. The molecule has 1 unspecified atom stereocenters. The minimum absolute atomic E-state index is 0.268. The van der Waals surface area contributed by atoms with Gasteiger partial charge < -0.3 is 10.6 Å². The van der Waals surface area contributed by atoms with Crippen molar-refractivity contribution in [2.45, 2.75) is 20.3 Å². The van der Waals surface area contributed by atoms with Gasteiger partial charge >= 0.3 is 0 Å². The van der Waals surface area contributed by atoms with Crippen molar-refractivity contribution in [3.63, 3.8) is 0 Å². The van der Waals surface area contributed by atoms with Crippen LogP contribution in [0.3, 0.4) is 0 Å². The highest BCUT2D eigenvalue weighted by molar-refractivity contribution is 5.01. The second-order valence-electron chi connectivity index (χ2n) is 4.98. The van der Waals surface area contributed by atoms with Crippen LogP contribution in [0.1, 0.15) is 20.3 Å². The van der Waals surface area contributed by atoms with E-state index in [-0.39, 0.29) is 5.41 Å². The summed E-state index contributed by atoms with van der Waals surface area (Å²) in [4.78, 5) is 0. The largest absolute Gasteiger partial charge is 0.319 e. The first-order valence-corrected chi connectivity index (χ1v) is 5.03. The summed E-state index contributed by atoms with van der Waals surface area (Å²) in [6.07, 6.45) is 3.31. The summed E-state index contributed by atoms with van der Waals surface area (Å²) < 4.78 is 0. The summed E-state index contributed by atoms with van der Waals surface area (Å²) in [6, 6.07) is 0. The fourth-order valence-electron chi connectivity index (χ4n) is 2.45. The Morgan fingerprint density at radius 2 is 2.15 bits per heavy atom. The molecule has 0 aromatic rings. The lowest BCUT2D eigenvalue weighted by Crippen LogP contribution is -2.50. The Kier molecular flexibility index (Phi) is 3.14. The number of hydrogen-bond acceptors (Lipinski definition) is 2. The molecule has 1 fully saturated rings. The average molecular weight is 182 g/mol. The van der Waals surface area contributed by atoms with Gasteiger partial charge in [-0.25, -0.2) is 0 Å². The molecule has 0 aliphatic carbocycles. The van der Waals surface area contributed by atoms with E-state index in [1.165, 1.54) is 6.42 Å². The van der Waals surface area contributed by atoms with Crippen molar-refractivity contribution in [2.24, 2.45) is 10.8 Å². The van der Waals surface area contributed by atoms with Gasteiger partial charge in [-0.3, -0.25) is 0 Å². The van der Waals surface area contributed by atoms with Crippen LogP contribution >= 0.6 is 0 Å². The van der Waals surface area contributed by atoms with E-state index in [4.69, 9.17) is 0 Å². The lowest BCUT2D eigenvalue weighted by molar-refractivity contribution is 0.140. The molecule has 2 N–H and O–H groups in total. The van der Waals surface area contributed by atoms with E-state index in [2.05, 4.69) is 37.1 Å². The van der Waals surface area contributed by atoms with E-state index in [0.29, 0.717) is 5.41 Å². The van der Waals surface area contributed by atoms with Gasteiger partial charge in [0.25, 0.3) is 0 Å². The third-order valence-corrected chi connectivity index (χ3v) is 3.01. The van der Waals surface area contributed by atoms with Crippen molar-refractivity contribution in [1.29, 1.82) is 0 Å². The molecule has 1 aliphatic heterocycles. The zero-order valence-corrected chi connectivity index (χ0v) is 9.11. The minimum atomic E-state index is 0.268. The van der Waals surface area contributed by atoms with Gasteiger partial charge in [-0.1, -0.05) is 19.9 Å². The summed E-state index contributed by atoms with van der Waals surface area (Å²) in [6.45, 7) is 11.8. The summed E-state index contributed by atoms with van der Waals surface area (Å²) in [5.41, 5.74) is 0.639. The lowest BCUT2D eigenvalue weighted by atomic mass is 9.70. The molecule has 1 heterocycles. The molecule has 2 nitrogen and oxygen atoms in total. The first-order valence-electron chi connectivity index (χ1n) is 5.03. The van der Waals surface area contributed by atoms with Gasteiger partial charge in [0.1, 0.15) is 0 Å². The quantitative estimate of drug-likeness (QED) is 0.645. The smallest absolute Gasteiger partial charge is 0.00402 e. The van der Waals surface area contributed by atoms with Crippen LogP contribution in [-0.4, -0.2) is 26.7 Å². The van der Waals surface area contributed by atoms with Gasteiger partial charge in [0.2, 0.25) is 0 Å². The average Bonchev–Trinajstić information content (AvgIpc) is 2.04. The molecular weight excluding hydrogens is 160 g/mol. The summed E-state index contributed by atoms with van der Waals surface area (Å²) >= 11 is 0. The van der Waals surface area contributed by atoms with Gasteiger partial charge in [0.05, 0.1) is 0 Å². The van der Waals surface area contributed by atoms with Crippen LogP contribution < -0.4 is 10.6 Å². The molecule has 1 aliphatic rings. The molecule has 2 heteroatoms. The Balaban J connectivity index is 2.64. The van der Waals surface area contributed by atoms with Gasteiger partial charge in [0.15, 0.2) is 0 Å². The Morgan fingerprint density at radius 1 is 1.46 bits per heavy atom. The van der Waals surface area contributed by atoms with Gasteiger partial charge in [-0.15, -0.1) is 6.58 Å². The van der Waals surface area contributed by atoms with Crippen LogP contribution in [0, 0.1) is 10.8 Å². The maximum absolute atomic E-state index is 3.92. The molecule has 76 valence electrons. The van der Waals surface area contributed by atoms with Gasteiger partial charge in [0, 0.05) is 19.6 Å². The van der Waals surface area contributed by atoms with Crippen molar-refractivity contribution >= 4 is 0 Å². The van der Waals surface area contributed by atoms with E-state index in [9.17, 15) is 0 Å². The first kappa shape index (κ1) is 10.7. The Bertz CT molecular complexity index is 187. The second kappa shape index (κ2) is 3.81. The molecule has 0 aromatic heterocycles. The fourth-order valence-corrected chi connectivity index (χ4v) is 2.45. The van der Waals surface area contributed by atoms with Crippen molar-refractivity contribution < 1.29 is 0 Å². The zero-order valence-electron chi connectivity index (χ0n) is 9.11. The predicted molar refractivity (Wildman–Crippen MR) is 57.8 cm³/mol. The number of hydrogen-bond donors (Lipinski definition) is 2. The predicted octanol–water partition coefficient (Wildman–Crippen LogP) is 1.40. The van der Waals surface area contributed by atoms with E-state index in [0.717, 1.165) is 19.6 Å². The Labute approximate surface area is 81.8 Å². The van der Waals surface area contributed by atoms with E-state index < -0.39 is 0 Å². The van der Waals surface area contributed by atoms with Crippen molar-refractivity contribution in [1.82, 2.24) is 10.6 Å². The van der Waals surface area contributed by atoms with Crippen molar-refractivity contribution in [3.05, 3.63) is 12.7 Å². The molecule has 0 radical (unpaired) electrons. The highest BCUT2D eigenvalue weighted by atomic mass is 14.9. The summed E-state index contributed by atoms with van der Waals surface area (Å²) in [7, 11) is 2.02. The Hall–Kier alpha value is -0.340. The first-order chi connectivity index (χ1) is 6.04. The maximum Gasteiger partial charge on any atom is 0.00402 e. The molecule has 0 aromatic carbocycles. The van der Waals surface area contributed by atoms with E-state index >= 15 is 0 Å². The van der Waals surface area contributed by atoms with Crippen LogP contribution in [0.15, 0.2) is 12.7 Å². The molecule has 1 rings (SSSR count). The molecule has 0 bridgehead atoms. The molecular formula is C11H22N2. The normalized spacial score (nSPS) is 40.2. The lowest BCUT2D eigenvalue weighted by Gasteiger charge is -2.43. The fraction of sp³-hybridized carbons (Fsp3) is 0.818. The zero-order chi connectivity index (χ0) is 9.95. The highest BCUT2D eigenvalue weighted by Crippen LogP contribution is 2.37. The second-order valence-corrected chi connectivity index (χ2v) is 4.98. The molecule has 0 amide bonds. The van der Waals surface area contributed by atoms with Crippen LogP contribution in [0.2, 0.25) is 0 Å². The van der Waals surface area contributed by atoms with Crippen LogP contribution in [-0.2, 0) is 0 Å². The van der Waals surface area contributed by atoms with E-state index in [1.54, 1.807) is 0 Å². The van der Waals surface area contributed by atoms with E-state index in [1.807, 2.05) is 7.05 Å². The molecule has 13 heavy (non-hydrogen) atoms. The number of piperidine rings is 1. The standard InChI is InChI=1S/C11H22N2/c1-5-10(2)6-11(3,7-12-4)9-13-8-10/h5,12-13H,1,6-9H2,2-4H3/t10-,11?/m1/s1. The monoisotopic (exact) mass is 182 g/mol. The molecule has 0 saturated carbocycles. The van der Waals surface area contributed by atoms with Crippen LogP contribution in [0.4, 0.5) is 0 Å². The third-order valence-electron chi connectivity index (χ3n) is 3.01. The molecule has 0 spiro atoms. The topological polar surface area (TPSA) is 24.1 Å². The SMILES string of the molecule is C=C[C@@]1(C)CNCC(C)(CNC)C1. The molecule has 1 saturated heterocycles. The van der Waals surface area contributed by atoms with Crippen LogP contribution in [0.5, 0.6) is 0 Å². The van der Waals surface area contributed by atoms with Crippen molar-refractivity contribution in [2.75, 3.05) is 26.7 Å². The Morgan fingerprint density at radius 3 is 2.69 bits per heavy atom. The highest BCUT2D eigenvalue weighted by Gasteiger charge is 2.36. The minimum Gasteiger partial charge on any atom is -0.319 e. The van der Waals surface area contributed by atoms with Gasteiger partial charge in [-0.2, -0.15) is 0 Å². The summed E-state index contributed by atoms with van der Waals surface area (Å²) in [5.74, 6) is 0. The van der Waals surface area contributed by atoms with Crippen LogP contribution in [0.25, 0.3) is 0 Å². The maximum atomic E-state index is 3.92. The number of nitrogens with one attached hydrogen (secondary N) is 2. The van der Waals surface area contributed by atoms with Crippen molar-refractivity contribution in [3.8, 4) is 0 Å². The molecule has 2 atom stereocenters. The number of rotatable bonds is 3.